The Balaban J connectivity index is 3.26. The minimum Gasteiger partial charge on any atom is -0.0622 e. The van der Waals surface area contributed by atoms with Crippen LogP contribution in [-0.4, -0.2) is 0 Å². The fourth-order valence-corrected chi connectivity index (χ4v) is 3.17. The Bertz CT molecular complexity index is 455. The molecule has 0 nitrogen and oxygen atoms in total. The lowest BCUT2D eigenvalue weighted by molar-refractivity contribution is -0.00744. The second kappa shape index (κ2) is 5.78. The van der Waals surface area contributed by atoms with Gasteiger partial charge in [-0.15, -0.1) is 0 Å². The molecule has 0 heteroatoms. The fraction of sp³-hybridized carbons (Fsp3) is 0.714. The Kier molecular flexibility index (Phi) is 5.03. The topological polar surface area (TPSA) is 0 Å². The number of rotatable bonds is 5. The minimum absolute atomic E-state index is 0.135. The third-order valence-corrected chi connectivity index (χ3v) is 6.92. The molecule has 0 N–H and O–H groups in total. The monoisotopic (exact) mass is 288 g/mol. The lowest BCUT2D eigenvalue weighted by Crippen LogP contribution is -2.49. The molecular weight excluding hydrogens is 252 g/mol. The molecular formula is C21H36. The van der Waals surface area contributed by atoms with Crippen molar-refractivity contribution >= 4 is 0 Å². The van der Waals surface area contributed by atoms with Crippen molar-refractivity contribution in [2.24, 2.45) is 16.7 Å². The van der Waals surface area contributed by atoms with Gasteiger partial charge in [0.2, 0.25) is 0 Å². The van der Waals surface area contributed by atoms with E-state index in [9.17, 15) is 0 Å². The van der Waals surface area contributed by atoms with Crippen LogP contribution in [0.3, 0.4) is 0 Å². The zero-order valence-corrected chi connectivity index (χ0v) is 16.0. The molecule has 0 saturated carbocycles. The van der Waals surface area contributed by atoms with Gasteiger partial charge in [0, 0.05) is 0 Å². The van der Waals surface area contributed by atoms with E-state index in [2.05, 4.69) is 93.5 Å². The van der Waals surface area contributed by atoms with Crippen LogP contribution in [0.1, 0.15) is 86.3 Å². The van der Waals surface area contributed by atoms with Crippen LogP contribution in [0.5, 0.6) is 0 Å². The molecule has 0 aliphatic rings. The summed E-state index contributed by atoms with van der Waals surface area (Å²) in [5.74, 6) is 1.25. The average molecular weight is 289 g/mol. The van der Waals surface area contributed by atoms with E-state index in [1.54, 1.807) is 0 Å². The maximum absolute atomic E-state index is 2.43. The van der Waals surface area contributed by atoms with Gasteiger partial charge in [-0.05, 0) is 39.2 Å². The molecule has 0 atom stereocenters. The SMILES string of the molecule is CC(C)c1ccc(C(C)(C)C(C)(C)C(C)(C)C(C)C)cc1. The Morgan fingerprint density at radius 3 is 1.48 bits per heavy atom. The van der Waals surface area contributed by atoms with Crippen LogP contribution >= 0.6 is 0 Å². The summed E-state index contributed by atoms with van der Waals surface area (Å²) in [6.07, 6.45) is 0. The summed E-state index contributed by atoms with van der Waals surface area (Å²) in [6, 6.07) is 9.29. The van der Waals surface area contributed by atoms with Crippen LogP contribution in [0.15, 0.2) is 24.3 Å². The Morgan fingerprint density at radius 2 is 1.14 bits per heavy atom. The molecule has 120 valence electrons. The Labute approximate surface area is 133 Å². The van der Waals surface area contributed by atoms with E-state index in [4.69, 9.17) is 0 Å². The van der Waals surface area contributed by atoms with Crippen molar-refractivity contribution in [1.82, 2.24) is 0 Å². The summed E-state index contributed by atoms with van der Waals surface area (Å²) < 4.78 is 0. The van der Waals surface area contributed by atoms with Gasteiger partial charge in [0.1, 0.15) is 0 Å². The van der Waals surface area contributed by atoms with Gasteiger partial charge in [-0.1, -0.05) is 93.5 Å². The van der Waals surface area contributed by atoms with Crippen LogP contribution in [0.4, 0.5) is 0 Å². The maximum Gasteiger partial charge on any atom is -0.00472 e. The Hall–Kier alpha value is -0.780. The summed E-state index contributed by atoms with van der Waals surface area (Å²) in [4.78, 5) is 0. The third-order valence-electron chi connectivity index (χ3n) is 6.92. The van der Waals surface area contributed by atoms with Gasteiger partial charge in [0.25, 0.3) is 0 Å². The number of hydrogen-bond donors (Lipinski definition) is 0. The second-order valence-electron chi connectivity index (χ2n) is 8.90. The molecule has 1 aromatic rings. The Morgan fingerprint density at radius 1 is 0.714 bits per heavy atom. The van der Waals surface area contributed by atoms with E-state index in [0.29, 0.717) is 11.8 Å². The molecule has 0 saturated heterocycles. The second-order valence-corrected chi connectivity index (χ2v) is 8.90. The van der Waals surface area contributed by atoms with Gasteiger partial charge < -0.3 is 0 Å². The quantitative estimate of drug-likeness (QED) is 0.559. The highest BCUT2D eigenvalue weighted by Crippen LogP contribution is 2.55. The van der Waals surface area contributed by atoms with Crippen molar-refractivity contribution in [3.63, 3.8) is 0 Å². The van der Waals surface area contributed by atoms with Gasteiger partial charge in [-0.3, -0.25) is 0 Å². The largest absolute Gasteiger partial charge is 0.0622 e. The maximum atomic E-state index is 2.43. The molecule has 0 aromatic heterocycles. The van der Waals surface area contributed by atoms with E-state index < -0.39 is 0 Å². The van der Waals surface area contributed by atoms with Crippen molar-refractivity contribution in [2.45, 2.75) is 80.6 Å². The normalized spacial score (nSPS) is 14.1. The van der Waals surface area contributed by atoms with Crippen LogP contribution < -0.4 is 0 Å². The van der Waals surface area contributed by atoms with Gasteiger partial charge in [0.15, 0.2) is 0 Å². The molecule has 0 unspecified atom stereocenters. The molecule has 21 heavy (non-hydrogen) atoms. The molecule has 0 fully saturated rings. The summed E-state index contributed by atoms with van der Waals surface area (Å²) >= 11 is 0. The molecule has 1 aromatic carbocycles. The van der Waals surface area contributed by atoms with Gasteiger partial charge in [0.05, 0.1) is 0 Å². The first-order valence-electron chi connectivity index (χ1n) is 8.46. The van der Waals surface area contributed by atoms with Crippen LogP contribution in [0.25, 0.3) is 0 Å². The first-order chi connectivity index (χ1) is 9.35. The summed E-state index contributed by atoms with van der Waals surface area (Å²) in [7, 11) is 0. The summed E-state index contributed by atoms with van der Waals surface area (Å²) in [5, 5.41) is 0. The van der Waals surface area contributed by atoms with Gasteiger partial charge in [-0.25, -0.2) is 0 Å². The van der Waals surface area contributed by atoms with E-state index in [1.807, 2.05) is 0 Å². The predicted molar refractivity (Wildman–Crippen MR) is 96.0 cm³/mol. The molecule has 0 spiro atoms. The lowest BCUT2D eigenvalue weighted by Gasteiger charge is -2.54. The van der Waals surface area contributed by atoms with Crippen molar-refractivity contribution < 1.29 is 0 Å². The molecule has 0 heterocycles. The van der Waals surface area contributed by atoms with Crippen molar-refractivity contribution in [1.29, 1.82) is 0 Å². The predicted octanol–water partition coefficient (Wildman–Crippen LogP) is 6.80. The molecule has 0 aliphatic carbocycles. The number of benzene rings is 1. The highest BCUT2D eigenvalue weighted by atomic mass is 14.5. The zero-order chi connectivity index (χ0) is 16.6. The standard InChI is InChI=1S/C21H36/c1-15(2)17-11-13-18(14-12-17)20(7,8)21(9,10)19(5,6)16(3)4/h11-16H,1-10H3. The third kappa shape index (κ3) is 3.05. The van der Waals surface area contributed by atoms with Crippen molar-refractivity contribution in [3.05, 3.63) is 35.4 Å². The van der Waals surface area contributed by atoms with Crippen LogP contribution in [0, 0.1) is 16.7 Å². The summed E-state index contributed by atoms with van der Waals surface area (Å²) in [6.45, 7) is 23.7. The minimum atomic E-state index is 0.135. The smallest absolute Gasteiger partial charge is 0.00472 e. The molecule has 0 bridgehead atoms. The summed E-state index contributed by atoms with van der Waals surface area (Å²) in [5.41, 5.74) is 3.48. The molecule has 0 radical (unpaired) electrons. The van der Waals surface area contributed by atoms with E-state index in [1.165, 1.54) is 11.1 Å². The first-order valence-corrected chi connectivity index (χ1v) is 8.46. The first kappa shape index (κ1) is 18.3. The molecule has 1 rings (SSSR count). The molecule has 0 aliphatic heterocycles. The van der Waals surface area contributed by atoms with Crippen molar-refractivity contribution in [2.75, 3.05) is 0 Å². The molecule has 0 amide bonds. The van der Waals surface area contributed by atoms with E-state index in [0.717, 1.165) is 0 Å². The highest BCUT2D eigenvalue weighted by molar-refractivity contribution is 5.32. The zero-order valence-electron chi connectivity index (χ0n) is 16.0. The van der Waals surface area contributed by atoms with Gasteiger partial charge >= 0.3 is 0 Å². The number of hydrogen-bond acceptors (Lipinski definition) is 0. The van der Waals surface area contributed by atoms with Gasteiger partial charge in [-0.2, -0.15) is 0 Å². The average Bonchev–Trinajstić information content (AvgIpc) is 2.38. The van der Waals surface area contributed by atoms with Crippen LogP contribution in [0.2, 0.25) is 0 Å². The fourth-order valence-electron chi connectivity index (χ4n) is 3.17. The lowest BCUT2D eigenvalue weighted by atomic mass is 9.50. The van der Waals surface area contributed by atoms with Crippen LogP contribution in [-0.2, 0) is 5.41 Å². The highest BCUT2D eigenvalue weighted by Gasteiger charge is 2.49. The van der Waals surface area contributed by atoms with Crippen molar-refractivity contribution in [3.8, 4) is 0 Å². The van der Waals surface area contributed by atoms with E-state index >= 15 is 0 Å². The van der Waals surface area contributed by atoms with E-state index in [-0.39, 0.29) is 16.2 Å².